The number of carboxylic acid groups (broad SMARTS) is 1. The highest BCUT2D eigenvalue weighted by molar-refractivity contribution is 8.22. The third-order valence-corrected chi connectivity index (χ3v) is 3.73. The van der Waals surface area contributed by atoms with Gasteiger partial charge in [0.2, 0.25) is 0 Å². The number of nitrogens with zero attached hydrogens (tertiary/aromatic N) is 1. The Morgan fingerprint density at radius 3 is 3.06 bits per heavy atom. The van der Waals surface area contributed by atoms with E-state index in [-0.39, 0.29) is 12.5 Å². The molecule has 1 aromatic rings. The molecule has 0 aliphatic rings. The molecule has 0 radical (unpaired) electrons. The first-order chi connectivity index (χ1) is 7.63. The molecule has 1 aromatic heterocycles. The summed E-state index contributed by atoms with van der Waals surface area (Å²) < 4.78 is 0.615. The van der Waals surface area contributed by atoms with E-state index in [4.69, 9.17) is 17.3 Å². The van der Waals surface area contributed by atoms with E-state index in [0.717, 1.165) is 10.8 Å². The van der Waals surface area contributed by atoms with E-state index >= 15 is 0 Å². The van der Waals surface area contributed by atoms with Crippen LogP contribution in [0.4, 0.5) is 0 Å². The summed E-state index contributed by atoms with van der Waals surface area (Å²) >= 11 is 8.01. The Hall–Kier alpha value is -0.660. The number of carbonyl (C=O) groups is 1. The van der Waals surface area contributed by atoms with Crippen LogP contribution in [0.5, 0.6) is 0 Å². The normalized spacial score (nSPS) is 12.1. The van der Waals surface area contributed by atoms with Crippen LogP contribution in [0.25, 0.3) is 0 Å². The van der Waals surface area contributed by atoms with Gasteiger partial charge in [-0.25, -0.2) is 4.98 Å². The lowest BCUT2D eigenvalue weighted by Crippen LogP contribution is -2.27. The fourth-order valence-corrected chi connectivity index (χ4v) is 2.77. The largest absolute Gasteiger partial charge is 0.481 e. The van der Waals surface area contributed by atoms with Gasteiger partial charge in [0.25, 0.3) is 0 Å². The summed E-state index contributed by atoms with van der Waals surface area (Å²) in [7, 11) is 0. The van der Waals surface area contributed by atoms with Crippen molar-refractivity contribution in [1.82, 2.24) is 10.3 Å². The van der Waals surface area contributed by atoms with Gasteiger partial charge in [-0.15, -0.1) is 11.3 Å². The van der Waals surface area contributed by atoms with Crippen LogP contribution in [0.1, 0.15) is 24.4 Å². The zero-order valence-corrected chi connectivity index (χ0v) is 11.1. The fraction of sp³-hybridized carbons (Fsp3) is 0.444. The minimum absolute atomic E-state index is 0.0159. The summed E-state index contributed by atoms with van der Waals surface area (Å²) in [6.45, 7) is 1.99. The van der Waals surface area contributed by atoms with Gasteiger partial charge in [0.05, 0.1) is 12.5 Å². The maximum absolute atomic E-state index is 10.7. The van der Waals surface area contributed by atoms with Crippen molar-refractivity contribution in [2.24, 2.45) is 0 Å². The Bertz CT molecular complexity index is 354. The van der Waals surface area contributed by atoms with Crippen molar-refractivity contribution < 1.29 is 9.90 Å². The zero-order chi connectivity index (χ0) is 12.0. The molecule has 1 heterocycles. The first-order valence-electron chi connectivity index (χ1n) is 4.68. The standard InChI is InChI=1S/C9H12N2O2S3/c1-2-15-9(14)11-6(5-7(12)13)8-10-3-4-16-8/h3-4,6H,2,5H2,1H3,(H,11,14)(H,12,13)/t6-/m1/s1. The van der Waals surface area contributed by atoms with Crippen LogP contribution in [0.3, 0.4) is 0 Å². The molecule has 7 heteroatoms. The van der Waals surface area contributed by atoms with Crippen LogP contribution < -0.4 is 5.32 Å². The molecule has 4 nitrogen and oxygen atoms in total. The smallest absolute Gasteiger partial charge is 0.305 e. The number of thioether (sulfide) groups is 1. The molecule has 0 aromatic carbocycles. The minimum atomic E-state index is -0.864. The third kappa shape index (κ3) is 4.46. The first-order valence-corrected chi connectivity index (χ1v) is 6.95. The van der Waals surface area contributed by atoms with Gasteiger partial charge in [0.15, 0.2) is 0 Å². The van der Waals surface area contributed by atoms with Crippen LogP contribution >= 0.6 is 35.3 Å². The summed E-state index contributed by atoms with van der Waals surface area (Å²) in [6, 6.07) is -0.330. The summed E-state index contributed by atoms with van der Waals surface area (Å²) in [6.07, 6.45) is 1.64. The van der Waals surface area contributed by atoms with Gasteiger partial charge in [-0.3, -0.25) is 4.79 Å². The summed E-state index contributed by atoms with van der Waals surface area (Å²) in [5.41, 5.74) is 0. The number of rotatable bonds is 5. The van der Waals surface area contributed by atoms with Crippen LogP contribution in [0.15, 0.2) is 11.6 Å². The van der Waals surface area contributed by atoms with Gasteiger partial charge in [-0.2, -0.15) is 0 Å². The van der Waals surface area contributed by atoms with Gasteiger partial charge < -0.3 is 10.4 Å². The number of nitrogens with one attached hydrogen (secondary N) is 1. The Morgan fingerprint density at radius 2 is 2.56 bits per heavy atom. The van der Waals surface area contributed by atoms with E-state index in [1.807, 2.05) is 12.3 Å². The van der Waals surface area contributed by atoms with E-state index < -0.39 is 5.97 Å². The Labute approximate surface area is 107 Å². The lowest BCUT2D eigenvalue weighted by atomic mass is 10.2. The molecule has 0 aliphatic carbocycles. The summed E-state index contributed by atoms with van der Waals surface area (Å²) in [4.78, 5) is 14.8. The molecule has 0 saturated heterocycles. The second-order valence-corrected chi connectivity index (χ2v) is 5.75. The molecule has 0 amide bonds. The number of hydrogen-bond donors (Lipinski definition) is 2. The molecular weight excluding hydrogens is 264 g/mol. The van der Waals surface area contributed by atoms with Crippen molar-refractivity contribution in [2.75, 3.05) is 5.75 Å². The molecule has 2 N–H and O–H groups in total. The highest BCUT2D eigenvalue weighted by Crippen LogP contribution is 2.20. The SMILES string of the molecule is CCSC(=S)N[C@H](CC(=O)O)c1nccs1. The van der Waals surface area contributed by atoms with Gasteiger partial charge in [-0.05, 0) is 5.75 Å². The third-order valence-electron chi connectivity index (χ3n) is 1.70. The topological polar surface area (TPSA) is 62.2 Å². The van der Waals surface area contributed by atoms with Crippen molar-refractivity contribution in [3.05, 3.63) is 16.6 Å². The van der Waals surface area contributed by atoms with Crippen LogP contribution in [-0.2, 0) is 4.79 Å². The van der Waals surface area contributed by atoms with E-state index in [1.165, 1.54) is 23.1 Å². The predicted molar refractivity (Wildman–Crippen MR) is 71.0 cm³/mol. The van der Waals surface area contributed by atoms with Crippen LogP contribution in [0, 0.1) is 0 Å². The summed E-state index contributed by atoms with van der Waals surface area (Å²) in [5.74, 6) is 0.000687. The average molecular weight is 276 g/mol. The second kappa shape index (κ2) is 6.82. The number of aliphatic carboxylic acids is 1. The fourth-order valence-electron chi connectivity index (χ4n) is 1.10. The van der Waals surface area contributed by atoms with Gasteiger partial charge in [-0.1, -0.05) is 30.9 Å². The van der Waals surface area contributed by atoms with Gasteiger partial charge in [0.1, 0.15) is 9.33 Å². The van der Waals surface area contributed by atoms with Crippen molar-refractivity contribution in [1.29, 1.82) is 0 Å². The van der Waals surface area contributed by atoms with Crippen molar-refractivity contribution in [3.8, 4) is 0 Å². The van der Waals surface area contributed by atoms with E-state index in [2.05, 4.69) is 10.3 Å². The Morgan fingerprint density at radius 1 is 1.81 bits per heavy atom. The molecule has 0 bridgehead atoms. The van der Waals surface area contributed by atoms with Crippen molar-refractivity contribution in [2.45, 2.75) is 19.4 Å². The molecule has 16 heavy (non-hydrogen) atoms. The Kier molecular flexibility index (Phi) is 5.72. The average Bonchev–Trinajstić information content (AvgIpc) is 2.68. The van der Waals surface area contributed by atoms with Gasteiger partial charge in [0, 0.05) is 11.6 Å². The quantitative estimate of drug-likeness (QED) is 0.805. The highest BCUT2D eigenvalue weighted by atomic mass is 32.2. The predicted octanol–water partition coefficient (Wildman–Crippen LogP) is 2.29. The zero-order valence-electron chi connectivity index (χ0n) is 8.67. The second-order valence-electron chi connectivity index (χ2n) is 2.89. The van der Waals surface area contributed by atoms with Crippen LogP contribution in [0.2, 0.25) is 0 Å². The molecular formula is C9H12N2O2S3. The Balaban J connectivity index is 2.65. The van der Waals surface area contributed by atoms with E-state index in [1.54, 1.807) is 6.20 Å². The number of carboxylic acids is 1. The lowest BCUT2D eigenvalue weighted by molar-refractivity contribution is -0.137. The first kappa shape index (κ1) is 13.4. The molecule has 0 saturated carbocycles. The molecule has 88 valence electrons. The minimum Gasteiger partial charge on any atom is -0.481 e. The number of aromatic nitrogens is 1. The highest BCUT2D eigenvalue weighted by Gasteiger charge is 2.18. The number of hydrogen-bond acceptors (Lipinski definition) is 5. The molecule has 1 atom stereocenters. The molecule has 0 aliphatic heterocycles. The summed E-state index contributed by atoms with van der Waals surface area (Å²) in [5, 5.41) is 14.4. The van der Waals surface area contributed by atoms with Crippen molar-refractivity contribution in [3.63, 3.8) is 0 Å². The van der Waals surface area contributed by atoms with Crippen LogP contribution in [-0.4, -0.2) is 26.1 Å². The number of thiocarbonyl (C=S) groups is 1. The molecule has 0 fully saturated rings. The maximum Gasteiger partial charge on any atom is 0.305 e. The molecule has 1 rings (SSSR count). The number of thiazole rings is 1. The van der Waals surface area contributed by atoms with Crippen molar-refractivity contribution >= 4 is 45.6 Å². The van der Waals surface area contributed by atoms with Gasteiger partial charge >= 0.3 is 5.97 Å². The monoisotopic (exact) mass is 276 g/mol. The van der Waals surface area contributed by atoms with E-state index in [9.17, 15) is 4.79 Å². The maximum atomic E-state index is 10.7. The molecule has 0 unspecified atom stereocenters. The lowest BCUT2D eigenvalue weighted by Gasteiger charge is -2.15. The molecule has 0 spiro atoms. The van der Waals surface area contributed by atoms with E-state index in [0.29, 0.717) is 4.32 Å².